The Kier molecular flexibility index (Phi) is 3.39. The normalized spacial score (nSPS) is 29.0. The summed E-state index contributed by atoms with van der Waals surface area (Å²) in [6.07, 6.45) is 5.61. The maximum Gasteiger partial charge on any atom is 0.226 e. The quantitative estimate of drug-likeness (QED) is 0.851. The van der Waals surface area contributed by atoms with Crippen LogP contribution < -0.4 is 4.90 Å². The molecule has 1 aliphatic carbocycles. The fourth-order valence-electron chi connectivity index (χ4n) is 4.83. The number of aromatic nitrogens is 2. The van der Waals surface area contributed by atoms with E-state index in [1.54, 1.807) is 6.20 Å². The smallest absolute Gasteiger partial charge is 0.226 e. The average Bonchev–Trinajstić information content (AvgIpc) is 3.05. The van der Waals surface area contributed by atoms with Gasteiger partial charge < -0.3 is 14.4 Å². The number of fused-ring (bicyclic) bond motifs is 4. The Balaban J connectivity index is 1.58. The number of anilines is 1. The molecule has 0 radical (unpaired) electrons. The zero-order valence-corrected chi connectivity index (χ0v) is 14.9. The molecule has 3 atom stereocenters. The summed E-state index contributed by atoms with van der Waals surface area (Å²) >= 11 is 0. The van der Waals surface area contributed by atoms with E-state index in [2.05, 4.69) is 27.4 Å². The second-order valence-electron chi connectivity index (χ2n) is 7.81. The van der Waals surface area contributed by atoms with Gasteiger partial charge in [0, 0.05) is 37.9 Å². The summed E-state index contributed by atoms with van der Waals surface area (Å²) in [5, 5.41) is 0. The molecule has 2 aliphatic heterocycles. The van der Waals surface area contributed by atoms with Crippen molar-refractivity contribution in [3.8, 4) is 5.82 Å². The number of amides is 1. The van der Waals surface area contributed by atoms with Crippen molar-refractivity contribution < 1.29 is 9.18 Å². The lowest BCUT2D eigenvalue weighted by molar-refractivity contribution is -0.132. The number of halogens is 1. The number of carbonyl (C=O) groups is 1. The van der Waals surface area contributed by atoms with Gasteiger partial charge in [0.1, 0.15) is 12.2 Å². The molecule has 136 valence electrons. The van der Waals surface area contributed by atoms with Crippen LogP contribution in [0.15, 0.2) is 36.7 Å². The number of pyridine rings is 1. The van der Waals surface area contributed by atoms with E-state index >= 15 is 0 Å². The van der Waals surface area contributed by atoms with Crippen molar-refractivity contribution in [2.45, 2.75) is 25.3 Å². The first kappa shape index (κ1) is 15.9. The summed E-state index contributed by atoms with van der Waals surface area (Å²) in [6.45, 7) is 3.37. The first-order valence-electron chi connectivity index (χ1n) is 9.41. The van der Waals surface area contributed by atoms with Crippen LogP contribution in [0.2, 0.25) is 0 Å². The molecule has 5 nitrogen and oxygen atoms in total. The standard InChI is InChI=1S/C20H23FN4O/c1-14-12-15(14)19(26)23-10-6-20(13-23)17-5-3-9-24(17)18-16(4-2-8-22-18)25(20)11-7-21/h2-5,8-9,14-15H,6-7,10-13H2,1H3/t14-,15-,20-/m1/s1. The van der Waals surface area contributed by atoms with Crippen molar-refractivity contribution in [3.05, 3.63) is 42.4 Å². The van der Waals surface area contributed by atoms with E-state index in [1.807, 2.05) is 29.3 Å². The molecule has 1 saturated heterocycles. The van der Waals surface area contributed by atoms with Gasteiger partial charge in [-0.3, -0.25) is 4.79 Å². The van der Waals surface area contributed by atoms with E-state index in [-0.39, 0.29) is 17.4 Å². The SMILES string of the molecule is C[C@@H]1C[C@H]1C(=O)N1CC[C@@]2(C1)c1cccn1-c1ncccc1N2CCF. The average molecular weight is 354 g/mol. The van der Waals surface area contributed by atoms with Gasteiger partial charge in [-0.15, -0.1) is 0 Å². The number of alkyl halides is 1. The lowest BCUT2D eigenvalue weighted by Gasteiger charge is -2.46. The van der Waals surface area contributed by atoms with E-state index in [0.29, 0.717) is 19.0 Å². The second kappa shape index (κ2) is 5.56. The Labute approximate surface area is 152 Å². The van der Waals surface area contributed by atoms with Gasteiger partial charge in [-0.2, -0.15) is 0 Å². The molecule has 2 aromatic heterocycles. The molecule has 0 N–H and O–H groups in total. The van der Waals surface area contributed by atoms with Crippen molar-refractivity contribution in [2.75, 3.05) is 31.2 Å². The highest BCUT2D eigenvalue weighted by Gasteiger charge is 2.52. The predicted molar refractivity (Wildman–Crippen MR) is 97.0 cm³/mol. The summed E-state index contributed by atoms with van der Waals surface area (Å²) in [6, 6.07) is 8.02. The Morgan fingerprint density at radius 2 is 2.23 bits per heavy atom. The molecule has 5 rings (SSSR count). The topological polar surface area (TPSA) is 41.4 Å². The highest BCUT2D eigenvalue weighted by atomic mass is 19.1. The third kappa shape index (κ3) is 2.07. The van der Waals surface area contributed by atoms with E-state index in [0.717, 1.165) is 36.6 Å². The lowest BCUT2D eigenvalue weighted by atomic mass is 9.89. The Morgan fingerprint density at radius 3 is 3.00 bits per heavy atom. The number of rotatable bonds is 3. The van der Waals surface area contributed by atoms with Crippen molar-refractivity contribution in [1.29, 1.82) is 0 Å². The van der Waals surface area contributed by atoms with E-state index in [1.165, 1.54) is 0 Å². The van der Waals surface area contributed by atoms with Crippen LogP contribution in [0.1, 0.15) is 25.5 Å². The molecular formula is C20H23FN4O. The summed E-state index contributed by atoms with van der Waals surface area (Å²) in [4.78, 5) is 21.5. The van der Waals surface area contributed by atoms with Crippen LogP contribution in [-0.2, 0) is 10.3 Å². The molecule has 0 aromatic carbocycles. The second-order valence-corrected chi connectivity index (χ2v) is 7.81. The van der Waals surface area contributed by atoms with Gasteiger partial charge in [0.25, 0.3) is 0 Å². The summed E-state index contributed by atoms with van der Waals surface area (Å²) in [5.74, 6) is 1.79. The van der Waals surface area contributed by atoms with Crippen molar-refractivity contribution in [3.63, 3.8) is 0 Å². The summed E-state index contributed by atoms with van der Waals surface area (Å²) in [5.41, 5.74) is 1.68. The monoisotopic (exact) mass is 354 g/mol. The highest BCUT2D eigenvalue weighted by Crippen LogP contribution is 2.48. The Bertz CT molecular complexity index is 865. The molecule has 2 aromatic rings. The largest absolute Gasteiger partial charge is 0.353 e. The molecule has 1 amide bonds. The number of hydrogen-bond acceptors (Lipinski definition) is 3. The maximum absolute atomic E-state index is 13.5. The molecule has 4 heterocycles. The fraction of sp³-hybridized carbons (Fsp3) is 0.500. The van der Waals surface area contributed by atoms with Gasteiger partial charge in [-0.1, -0.05) is 6.92 Å². The van der Waals surface area contributed by atoms with Gasteiger partial charge in [0.15, 0.2) is 5.82 Å². The minimum atomic E-state index is -0.426. The molecule has 1 saturated carbocycles. The molecule has 26 heavy (non-hydrogen) atoms. The zero-order chi connectivity index (χ0) is 17.9. The Morgan fingerprint density at radius 1 is 1.38 bits per heavy atom. The van der Waals surface area contributed by atoms with E-state index in [4.69, 9.17) is 0 Å². The van der Waals surface area contributed by atoms with Crippen molar-refractivity contribution in [1.82, 2.24) is 14.5 Å². The number of likely N-dealkylation sites (tertiary alicyclic amines) is 1. The van der Waals surface area contributed by atoms with Crippen LogP contribution in [0.3, 0.4) is 0 Å². The molecule has 2 fully saturated rings. The molecule has 0 unspecified atom stereocenters. The van der Waals surface area contributed by atoms with Crippen LogP contribution in [0, 0.1) is 11.8 Å². The molecule has 1 spiro atoms. The van der Waals surface area contributed by atoms with Gasteiger partial charge in [0.05, 0.1) is 11.4 Å². The highest BCUT2D eigenvalue weighted by molar-refractivity contribution is 5.82. The van der Waals surface area contributed by atoms with Crippen molar-refractivity contribution >= 4 is 11.6 Å². The molecule has 6 heteroatoms. The van der Waals surface area contributed by atoms with E-state index < -0.39 is 6.67 Å². The van der Waals surface area contributed by atoms with E-state index in [9.17, 15) is 9.18 Å². The van der Waals surface area contributed by atoms with Crippen LogP contribution in [-0.4, -0.2) is 46.7 Å². The van der Waals surface area contributed by atoms with Gasteiger partial charge in [0.2, 0.25) is 5.91 Å². The van der Waals surface area contributed by atoms with Crippen LogP contribution in [0.25, 0.3) is 5.82 Å². The summed E-state index contributed by atoms with van der Waals surface area (Å²) in [7, 11) is 0. The van der Waals surface area contributed by atoms with Gasteiger partial charge in [-0.25, -0.2) is 9.37 Å². The van der Waals surface area contributed by atoms with Crippen LogP contribution in [0.4, 0.5) is 10.1 Å². The number of nitrogens with zero attached hydrogens (tertiary/aromatic N) is 4. The van der Waals surface area contributed by atoms with Crippen LogP contribution in [0.5, 0.6) is 0 Å². The summed E-state index contributed by atoms with van der Waals surface area (Å²) < 4.78 is 15.6. The maximum atomic E-state index is 13.5. The number of hydrogen-bond donors (Lipinski definition) is 0. The number of carbonyl (C=O) groups excluding carboxylic acids is 1. The molecular weight excluding hydrogens is 331 g/mol. The Hall–Kier alpha value is -2.37. The minimum absolute atomic E-state index is 0.184. The molecule has 0 bridgehead atoms. The van der Waals surface area contributed by atoms with Crippen LogP contribution >= 0.6 is 0 Å². The zero-order valence-electron chi connectivity index (χ0n) is 14.9. The first-order valence-corrected chi connectivity index (χ1v) is 9.41. The molecule has 3 aliphatic rings. The van der Waals surface area contributed by atoms with Gasteiger partial charge in [-0.05, 0) is 43.0 Å². The third-order valence-electron chi connectivity index (χ3n) is 6.32. The van der Waals surface area contributed by atoms with Crippen molar-refractivity contribution in [2.24, 2.45) is 11.8 Å². The predicted octanol–water partition coefficient (Wildman–Crippen LogP) is 2.75. The fourth-order valence-corrected chi connectivity index (χ4v) is 4.83. The van der Waals surface area contributed by atoms with Gasteiger partial charge >= 0.3 is 0 Å². The lowest BCUT2D eigenvalue weighted by Crippen LogP contribution is -2.53. The third-order valence-corrected chi connectivity index (χ3v) is 6.32. The minimum Gasteiger partial charge on any atom is -0.353 e. The first-order chi connectivity index (χ1) is 12.7.